The Morgan fingerprint density at radius 2 is 1.35 bits per heavy atom. The molecule has 0 unspecified atom stereocenters. The summed E-state index contributed by atoms with van der Waals surface area (Å²) in [6, 6.07) is 10.8. The fourth-order valence-corrected chi connectivity index (χ4v) is 5.72. The minimum atomic E-state index is -3.53. The van der Waals surface area contributed by atoms with Gasteiger partial charge in [0.05, 0.1) is 11.5 Å². The topological polar surface area (TPSA) is 82.1 Å². The minimum absolute atomic E-state index is 0.302. The van der Waals surface area contributed by atoms with Crippen LogP contribution in [0, 0.1) is 0 Å². The zero-order chi connectivity index (χ0) is 24.0. The first-order chi connectivity index (χ1) is 16.5. The van der Waals surface area contributed by atoms with Gasteiger partial charge in [0, 0.05) is 52.4 Å². The molecule has 186 valence electrons. The Hall–Kier alpha value is -2.43. The Labute approximate surface area is 203 Å². The van der Waals surface area contributed by atoms with Crippen molar-refractivity contribution in [1.82, 2.24) is 19.4 Å². The first-order valence-electron chi connectivity index (χ1n) is 12.3. The van der Waals surface area contributed by atoms with E-state index in [2.05, 4.69) is 38.7 Å². The van der Waals surface area contributed by atoms with Crippen molar-refractivity contribution in [1.29, 1.82) is 0 Å². The van der Waals surface area contributed by atoms with Crippen molar-refractivity contribution in [3.8, 4) is 5.75 Å². The molecule has 0 atom stereocenters. The molecule has 0 N–H and O–H groups in total. The van der Waals surface area contributed by atoms with Crippen molar-refractivity contribution in [3.63, 3.8) is 0 Å². The molecule has 0 bridgehead atoms. The molecule has 2 aliphatic heterocycles. The number of sulfonamides is 1. The van der Waals surface area contributed by atoms with Crippen molar-refractivity contribution in [2.45, 2.75) is 31.6 Å². The maximum atomic E-state index is 13.1. The van der Waals surface area contributed by atoms with Crippen LogP contribution in [0.1, 0.15) is 26.7 Å². The van der Waals surface area contributed by atoms with Crippen LogP contribution >= 0.6 is 0 Å². The Balaban J connectivity index is 1.31. The van der Waals surface area contributed by atoms with Gasteiger partial charge in [-0.3, -0.25) is 0 Å². The van der Waals surface area contributed by atoms with E-state index < -0.39 is 10.0 Å². The van der Waals surface area contributed by atoms with Crippen molar-refractivity contribution < 1.29 is 13.2 Å². The monoisotopic (exact) mass is 488 g/mol. The van der Waals surface area contributed by atoms with Crippen LogP contribution in [0.2, 0.25) is 0 Å². The number of nitrogens with zero attached hydrogens (tertiary/aromatic N) is 6. The molecule has 2 aliphatic rings. The van der Waals surface area contributed by atoms with Gasteiger partial charge >= 0.3 is 0 Å². The van der Waals surface area contributed by atoms with E-state index in [4.69, 9.17) is 4.74 Å². The summed E-state index contributed by atoms with van der Waals surface area (Å²) in [5.41, 5.74) is 0. The summed E-state index contributed by atoms with van der Waals surface area (Å²) >= 11 is 0. The lowest BCUT2D eigenvalue weighted by molar-refractivity contribution is 0.270. The molecule has 0 radical (unpaired) electrons. The average Bonchev–Trinajstić information content (AvgIpc) is 2.89. The highest BCUT2D eigenvalue weighted by Crippen LogP contribution is 2.23. The molecular formula is C24H36N6O3S. The molecule has 0 spiro atoms. The van der Waals surface area contributed by atoms with Gasteiger partial charge in [0.2, 0.25) is 10.0 Å². The Morgan fingerprint density at radius 3 is 1.85 bits per heavy atom. The molecule has 2 fully saturated rings. The number of unbranched alkanes of at least 4 members (excludes halogenated alkanes) is 1. The zero-order valence-electron chi connectivity index (χ0n) is 20.3. The number of anilines is 2. The molecule has 3 heterocycles. The van der Waals surface area contributed by atoms with Gasteiger partial charge in [-0.25, -0.2) is 8.42 Å². The smallest absolute Gasteiger partial charge is 0.243 e. The van der Waals surface area contributed by atoms with E-state index in [0.29, 0.717) is 43.4 Å². The molecule has 34 heavy (non-hydrogen) atoms. The largest absolute Gasteiger partial charge is 0.494 e. The maximum Gasteiger partial charge on any atom is 0.243 e. The first kappa shape index (κ1) is 24.7. The van der Waals surface area contributed by atoms with Crippen LogP contribution < -0.4 is 14.5 Å². The lowest BCUT2D eigenvalue weighted by Gasteiger charge is -2.35. The molecule has 1 aromatic carbocycles. The number of ether oxygens (including phenoxy) is 1. The predicted octanol–water partition coefficient (Wildman–Crippen LogP) is 2.31. The second-order valence-electron chi connectivity index (χ2n) is 8.74. The highest BCUT2D eigenvalue weighted by molar-refractivity contribution is 7.89. The molecule has 9 nitrogen and oxygen atoms in total. The molecule has 2 saturated heterocycles. The van der Waals surface area contributed by atoms with Crippen LogP contribution in [0.15, 0.2) is 41.3 Å². The summed E-state index contributed by atoms with van der Waals surface area (Å²) < 4.78 is 33.4. The van der Waals surface area contributed by atoms with Gasteiger partial charge in [-0.05, 0) is 49.4 Å². The van der Waals surface area contributed by atoms with Crippen LogP contribution in [-0.2, 0) is 10.0 Å². The first-order valence-corrected chi connectivity index (χ1v) is 13.7. The van der Waals surface area contributed by atoms with Crippen LogP contribution in [0.25, 0.3) is 0 Å². The second-order valence-corrected chi connectivity index (χ2v) is 10.7. The highest BCUT2D eigenvalue weighted by atomic mass is 32.2. The SMILES string of the molecule is CCCCOc1ccc(S(=O)(=O)N2CCN(c3ccc(N4CCN(CC)CC4)nn3)CC2)cc1. The van der Waals surface area contributed by atoms with E-state index in [1.165, 1.54) is 0 Å². The van der Waals surface area contributed by atoms with E-state index in [1.54, 1.807) is 28.6 Å². The van der Waals surface area contributed by atoms with Crippen LogP contribution in [0.5, 0.6) is 5.75 Å². The Kier molecular flexibility index (Phi) is 8.23. The quantitative estimate of drug-likeness (QED) is 0.498. The van der Waals surface area contributed by atoms with Crippen LogP contribution in [0.3, 0.4) is 0 Å². The number of benzene rings is 1. The summed E-state index contributed by atoms with van der Waals surface area (Å²) in [4.78, 5) is 7.11. The maximum absolute atomic E-state index is 13.1. The summed E-state index contributed by atoms with van der Waals surface area (Å²) in [7, 11) is -3.53. The fraction of sp³-hybridized carbons (Fsp3) is 0.583. The van der Waals surface area contributed by atoms with Crippen molar-refractivity contribution in [2.24, 2.45) is 0 Å². The van der Waals surface area contributed by atoms with Gasteiger partial charge < -0.3 is 19.4 Å². The predicted molar refractivity (Wildman–Crippen MR) is 134 cm³/mol. The average molecular weight is 489 g/mol. The van der Waals surface area contributed by atoms with Crippen molar-refractivity contribution in [2.75, 3.05) is 75.3 Å². The van der Waals surface area contributed by atoms with Gasteiger partial charge in [0.15, 0.2) is 11.6 Å². The summed E-state index contributed by atoms with van der Waals surface area (Å²) in [6.45, 7) is 12.0. The summed E-state index contributed by atoms with van der Waals surface area (Å²) in [5.74, 6) is 2.40. The Morgan fingerprint density at radius 1 is 0.794 bits per heavy atom. The van der Waals surface area contributed by atoms with Gasteiger partial charge in [0.25, 0.3) is 0 Å². The summed E-state index contributed by atoms with van der Waals surface area (Å²) in [6.07, 6.45) is 2.04. The van der Waals surface area contributed by atoms with Crippen LogP contribution in [0.4, 0.5) is 11.6 Å². The third-order valence-corrected chi connectivity index (χ3v) is 8.48. The molecular weight excluding hydrogens is 452 g/mol. The number of piperazine rings is 2. The lowest BCUT2D eigenvalue weighted by atomic mass is 10.3. The highest BCUT2D eigenvalue weighted by Gasteiger charge is 2.29. The van der Waals surface area contributed by atoms with Crippen molar-refractivity contribution in [3.05, 3.63) is 36.4 Å². The second kappa shape index (κ2) is 11.3. The van der Waals surface area contributed by atoms with Gasteiger partial charge in [-0.15, -0.1) is 10.2 Å². The normalized spacial score (nSPS) is 18.3. The third kappa shape index (κ3) is 5.79. The van der Waals surface area contributed by atoms with Gasteiger partial charge in [-0.1, -0.05) is 20.3 Å². The van der Waals surface area contributed by atoms with Crippen LogP contribution in [-0.4, -0.2) is 93.3 Å². The van der Waals surface area contributed by atoms with E-state index in [1.807, 2.05) is 12.1 Å². The summed E-state index contributed by atoms with van der Waals surface area (Å²) in [5, 5.41) is 8.89. The van der Waals surface area contributed by atoms with E-state index >= 15 is 0 Å². The zero-order valence-corrected chi connectivity index (χ0v) is 21.1. The molecule has 0 aliphatic carbocycles. The number of hydrogen-bond donors (Lipinski definition) is 0. The third-order valence-electron chi connectivity index (χ3n) is 6.57. The molecule has 0 amide bonds. The number of aromatic nitrogens is 2. The number of rotatable bonds is 9. The molecule has 0 saturated carbocycles. The lowest BCUT2D eigenvalue weighted by Crippen LogP contribution is -2.49. The molecule has 2 aromatic rings. The van der Waals surface area contributed by atoms with Gasteiger partial charge in [-0.2, -0.15) is 4.31 Å². The standard InChI is InChI=1S/C24H36N6O3S/c1-3-5-20-33-21-6-8-22(9-7-21)34(31,32)30-18-16-29(17-19-30)24-11-10-23(25-26-24)28-14-12-27(4-2)13-15-28/h6-11H,3-5,12-20H2,1-2H3. The van der Waals surface area contributed by atoms with E-state index in [0.717, 1.165) is 57.2 Å². The van der Waals surface area contributed by atoms with Crippen molar-refractivity contribution >= 4 is 21.7 Å². The van der Waals surface area contributed by atoms with E-state index in [9.17, 15) is 8.42 Å². The van der Waals surface area contributed by atoms with Gasteiger partial charge in [0.1, 0.15) is 5.75 Å². The number of hydrogen-bond acceptors (Lipinski definition) is 8. The fourth-order valence-electron chi connectivity index (χ4n) is 4.30. The molecule has 4 rings (SSSR count). The minimum Gasteiger partial charge on any atom is -0.494 e. The number of likely N-dealkylation sites (N-methyl/N-ethyl adjacent to an activating group) is 1. The Bertz CT molecular complexity index is 1000. The molecule has 10 heteroatoms. The molecule has 1 aromatic heterocycles. The van der Waals surface area contributed by atoms with E-state index in [-0.39, 0.29) is 0 Å².